The summed E-state index contributed by atoms with van der Waals surface area (Å²) < 4.78 is 0. The fourth-order valence-corrected chi connectivity index (χ4v) is 1.36. The molecule has 2 unspecified atom stereocenters. The van der Waals surface area contributed by atoms with Gasteiger partial charge in [-0.15, -0.1) is 0 Å². The average Bonchev–Trinajstić information content (AvgIpc) is 2.33. The molecule has 4 nitrogen and oxygen atoms in total. The summed E-state index contributed by atoms with van der Waals surface area (Å²) in [5, 5.41) is 23.6. The summed E-state index contributed by atoms with van der Waals surface area (Å²) in [5.74, 6) is 0. The number of hydrogen-bond donors (Lipinski definition) is 4. The lowest BCUT2D eigenvalue weighted by Crippen LogP contribution is -2.46. The number of nitrogens with one attached hydrogen (secondary N) is 2. The molecule has 0 bridgehead atoms. The summed E-state index contributed by atoms with van der Waals surface area (Å²) in [4.78, 5) is 0. The molecule has 4 N–H and O–H groups in total. The van der Waals surface area contributed by atoms with Gasteiger partial charge >= 0.3 is 0 Å². The van der Waals surface area contributed by atoms with E-state index in [9.17, 15) is 0 Å². The van der Waals surface area contributed by atoms with Crippen LogP contribution < -0.4 is 10.6 Å². The van der Waals surface area contributed by atoms with Gasteiger partial charge in [-0.1, -0.05) is 0 Å². The topological polar surface area (TPSA) is 64.5 Å². The molecule has 1 rings (SSSR count). The Morgan fingerprint density at radius 3 is 2.70 bits per heavy atom. The minimum atomic E-state index is -1.25. The van der Waals surface area contributed by atoms with E-state index in [4.69, 9.17) is 10.2 Å². The van der Waals surface area contributed by atoms with Crippen molar-refractivity contribution in [2.24, 2.45) is 0 Å². The van der Waals surface area contributed by atoms with Crippen molar-refractivity contribution >= 4 is 0 Å². The van der Waals surface area contributed by atoms with Crippen LogP contribution in [0.3, 0.4) is 0 Å². The molecule has 1 saturated heterocycles. The van der Waals surface area contributed by atoms with Gasteiger partial charge in [0.2, 0.25) is 0 Å². The lowest BCUT2D eigenvalue weighted by Gasteiger charge is -2.19. The lowest BCUT2D eigenvalue weighted by molar-refractivity contribution is -0.0674. The van der Waals surface area contributed by atoms with E-state index < -0.39 is 6.29 Å². The highest BCUT2D eigenvalue weighted by molar-refractivity contribution is 4.89. The van der Waals surface area contributed by atoms with E-state index in [1.165, 1.54) is 0 Å². The molecule has 2 atom stereocenters. The predicted molar refractivity (Wildman–Crippen MR) is 37.5 cm³/mol. The highest BCUT2D eigenvalue weighted by atomic mass is 16.5. The molecule has 0 saturated carbocycles. The minimum Gasteiger partial charge on any atom is -0.367 e. The van der Waals surface area contributed by atoms with Crippen molar-refractivity contribution < 1.29 is 10.2 Å². The molecule has 1 fully saturated rings. The molecule has 0 spiro atoms. The zero-order valence-electron chi connectivity index (χ0n) is 6.04. The van der Waals surface area contributed by atoms with Crippen LogP contribution in [-0.4, -0.2) is 42.2 Å². The van der Waals surface area contributed by atoms with Crippen LogP contribution in [0.15, 0.2) is 0 Å². The molecule has 0 aromatic carbocycles. The first-order chi connectivity index (χ1) is 4.75. The number of hydrogen-bond acceptors (Lipinski definition) is 4. The molecule has 0 radical (unpaired) electrons. The Balaban J connectivity index is 2.42. The number of aliphatic hydroxyl groups excluding tert-OH is 1. The van der Waals surface area contributed by atoms with E-state index in [2.05, 4.69) is 10.6 Å². The Bertz CT molecular complexity index is 108. The van der Waals surface area contributed by atoms with Gasteiger partial charge in [-0.3, -0.25) is 0 Å². The van der Waals surface area contributed by atoms with E-state index in [-0.39, 0.29) is 12.1 Å². The minimum absolute atomic E-state index is 0.194. The molecule has 1 aliphatic rings. The maximum atomic E-state index is 8.81. The summed E-state index contributed by atoms with van der Waals surface area (Å²) in [6, 6.07) is -0.00926. The lowest BCUT2D eigenvalue weighted by atomic mass is 10.1. The van der Waals surface area contributed by atoms with Crippen LogP contribution in [0.5, 0.6) is 0 Å². The zero-order chi connectivity index (χ0) is 7.56. The first kappa shape index (κ1) is 7.94. The van der Waals surface area contributed by atoms with Crippen molar-refractivity contribution in [3.05, 3.63) is 0 Å². The molecule has 60 valence electrons. The van der Waals surface area contributed by atoms with Crippen LogP contribution in [0.4, 0.5) is 0 Å². The Morgan fingerprint density at radius 2 is 2.30 bits per heavy atom. The highest BCUT2D eigenvalue weighted by Crippen LogP contribution is 2.08. The van der Waals surface area contributed by atoms with Crippen LogP contribution in [0.25, 0.3) is 0 Å². The normalized spacial score (nSPS) is 33.6. The van der Waals surface area contributed by atoms with E-state index in [0.717, 1.165) is 13.0 Å². The van der Waals surface area contributed by atoms with Crippen molar-refractivity contribution in [1.82, 2.24) is 10.6 Å². The van der Waals surface area contributed by atoms with Crippen molar-refractivity contribution in [1.29, 1.82) is 0 Å². The highest BCUT2D eigenvalue weighted by Gasteiger charge is 2.29. The third-order valence-electron chi connectivity index (χ3n) is 1.96. The second kappa shape index (κ2) is 3.30. The summed E-state index contributed by atoms with van der Waals surface area (Å²) in [7, 11) is 1.83. The molecule has 0 aromatic rings. The molecule has 0 amide bonds. The van der Waals surface area contributed by atoms with Gasteiger partial charge in [0.25, 0.3) is 0 Å². The fraction of sp³-hybridized carbons (Fsp3) is 1.00. The van der Waals surface area contributed by atoms with E-state index in [1.54, 1.807) is 0 Å². The van der Waals surface area contributed by atoms with Crippen LogP contribution in [-0.2, 0) is 0 Å². The first-order valence-electron chi connectivity index (χ1n) is 3.52. The van der Waals surface area contributed by atoms with Crippen LogP contribution in [0.2, 0.25) is 0 Å². The molecular weight excluding hydrogens is 132 g/mol. The quantitative estimate of drug-likeness (QED) is 0.349. The Morgan fingerprint density at radius 1 is 1.60 bits per heavy atom. The second-order valence-electron chi connectivity index (χ2n) is 2.58. The van der Waals surface area contributed by atoms with Crippen LogP contribution in [0.1, 0.15) is 6.42 Å². The van der Waals surface area contributed by atoms with Gasteiger partial charge in [-0.2, -0.15) is 0 Å². The summed E-state index contributed by atoms with van der Waals surface area (Å²) in [6.45, 7) is 0.855. The van der Waals surface area contributed by atoms with Gasteiger partial charge in [-0.05, 0) is 20.0 Å². The maximum Gasteiger partial charge on any atom is 0.168 e. The van der Waals surface area contributed by atoms with E-state index >= 15 is 0 Å². The van der Waals surface area contributed by atoms with Gasteiger partial charge in [0.05, 0.1) is 6.04 Å². The SMILES string of the molecule is CNC1CCNC1C(O)O. The Kier molecular flexibility index (Phi) is 2.62. The monoisotopic (exact) mass is 146 g/mol. The van der Waals surface area contributed by atoms with Crippen molar-refractivity contribution in [2.45, 2.75) is 24.8 Å². The zero-order valence-corrected chi connectivity index (χ0v) is 6.04. The molecule has 0 aliphatic carbocycles. The molecule has 0 aromatic heterocycles. The number of aliphatic hydroxyl groups is 2. The predicted octanol–water partition coefficient (Wildman–Crippen LogP) is -1.75. The molecule has 1 heterocycles. The van der Waals surface area contributed by atoms with Crippen molar-refractivity contribution in [3.8, 4) is 0 Å². The van der Waals surface area contributed by atoms with E-state index in [0.29, 0.717) is 0 Å². The van der Waals surface area contributed by atoms with Gasteiger partial charge < -0.3 is 20.8 Å². The molecule has 4 heteroatoms. The molecule has 10 heavy (non-hydrogen) atoms. The first-order valence-corrected chi connectivity index (χ1v) is 3.52. The third kappa shape index (κ3) is 1.46. The second-order valence-corrected chi connectivity index (χ2v) is 2.58. The fourth-order valence-electron chi connectivity index (χ4n) is 1.36. The van der Waals surface area contributed by atoms with Crippen LogP contribution >= 0.6 is 0 Å². The van der Waals surface area contributed by atoms with Gasteiger partial charge in [0, 0.05) is 6.04 Å². The third-order valence-corrected chi connectivity index (χ3v) is 1.96. The van der Waals surface area contributed by atoms with Gasteiger partial charge in [0.1, 0.15) is 0 Å². The Hall–Kier alpha value is -0.160. The average molecular weight is 146 g/mol. The van der Waals surface area contributed by atoms with Gasteiger partial charge in [-0.25, -0.2) is 0 Å². The number of likely N-dealkylation sites (N-methyl/N-ethyl adjacent to an activating group) is 1. The molecular formula is C6H14N2O2. The largest absolute Gasteiger partial charge is 0.367 e. The number of rotatable bonds is 2. The van der Waals surface area contributed by atoms with Crippen molar-refractivity contribution in [3.63, 3.8) is 0 Å². The van der Waals surface area contributed by atoms with Crippen molar-refractivity contribution in [2.75, 3.05) is 13.6 Å². The standard InChI is InChI=1S/C6H14N2O2/c1-7-4-2-3-8-5(4)6(9)10/h4-10H,2-3H2,1H3. The summed E-state index contributed by atoms with van der Waals surface area (Å²) >= 11 is 0. The Labute approximate surface area is 60.2 Å². The smallest absolute Gasteiger partial charge is 0.168 e. The van der Waals surface area contributed by atoms with Gasteiger partial charge in [0.15, 0.2) is 6.29 Å². The molecule has 1 aliphatic heterocycles. The summed E-state index contributed by atoms with van der Waals surface area (Å²) in [5.41, 5.74) is 0. The van der Waals surface area contributed by atoms with E-state index in [1.807, 2.05) is 7.05 Å². The summed E-state index contributed by atoms with van der Waals surface area (Å²) in [6.07, 6.45) is -0.293. The maximum absolute atomic E-state index is 8.81. The van der Waals surface area contributed by atoms with Crippen LogP contribution in [0, 0.1) is 0 Å².